The lowest BCUT2D eigenvalue weighted by Crippen LogP contribution is -2.05. The van der Waals surface area contributed by atoms with Gasteiger partial charge in [0.1, 0.15) is 12.2 Å². The highest BCUT2D eigenvalue weighted by Crippen LogP contribution is 2.05. The van der Waals surface area contributed by atoms with Crippen molar-refractivity contribution in [3.8, 4) is 0 Å². The van der Waals surface area contributed by atoms with E-state index in [-0.39, 0.29) is 0 Å². The SMILES string of the molecule is c1c[nH]c(CCNc2ncns2)n1. The molecule has 13 heavy (non-hydrogen) atoms. The molecule has 2 aromatic heterocycles. The van der Waals surface area contributed by atoms with Crippen molar-refractivity contribution < 1.29 is 0 Å². The van der Waals surface area contributed by atoms with Crippen LogP contribution in [0.25, 0.3) is 0 Å². The first-order chi connectivity index (χ1) is 6.45. The molecule has 0 unspecified atom stereocenters. The van der Waals surface area contributed by atoms with Crippen molar-refractivity contribution >= 4 is 16.7 Å². The van der Waals surface area contributed by atoms with Crippen LogP contribution in [0.5, 0.6) is 0 Å². The third-order valence-electron chi connectivity index (χ3n) is 1.55. The maximum Gasteiger partial charge on any atom is 0.202 e. The Morgan fingerprint density at radius 2 is 2.46 bits per heavy atom. The van der Waals surface area contributed by atoms with Crippen LogP contribution in [0.2, 0.25) is 0 Å². The molecule has 0 amide bonds. The number of aromatic nitrogens is 4. The van der Waals surface area contributed by atoms with Gasteiger partial charge in [-0.1, -0.05) is 0 Å². The van der Waals surface area contributed by atoms with Crippen LogP contribution >= 0.6 is 11.5 Å². The highest BCUT2D eigenvalue weighted by molar-refractivity contribution is 7.09. The Hall–Kier alpha value is -1.43. The lowest BCUT2D eigenvalue weighted by atomic mass is 10.4. The molecular formula is C7H9N5S. The average molecular weight is 195 g/mol. The number of H-pyrrole nitrogens is 1. The monoisotopic (exact) mass is 195 g/mol. The molecular weight excluding hydrogens is 186 g/mol. The minimum Gasteiger partial charge on any atom is -0.360 e. The Bertz CT molecular complexity index is 293. The standard InChI is InChI=1S/C7H9N5S/c1(6-8-3-4-9-6)2-10-7-11-5-12-13-7/h3-5H,1-2H2,(H,8,9)(H,10,11,12). The van der Waals surface area contributed by atoms with Gasteiger partial charge in [0.05, 0.1) is 0 Å². The summed E-state index contributed by atoms with van der Waals surface area (Å²) in [5.74, 6) is 0.983. The fourth-order valence-corrected chi connectivity index (χ4v) is 1.43. The molecule has 2 rings (SSSR count). The van der Waals surface area contributed by atoms with E-state index < -0.39 is 0 Å². The predicted molar refractivity (Wildman–Crippen MR) is 50.7 cm³/mol. The highest BCUT2D eigenvalue weighted by Gasteiger charge is 1.96. The molecule has 0 fully saturated rings. The minimum atomic E-state index is 0.822. The van der Waals surface area contributed by atoms with E-state index in [1.54, 1.807) is 12.5 Å². The zero-order chi connectivity index (χ0) is 8.93. The van der Waals surface area contributed by atoms with Crippen molar-refractivity contribution in [2.24, 2.45) is 0 Å². The summed E-state index contributed by atoms with van der Waals surface area (Å²) in [5.41, 5.74) is 0. The van der Waals surface area contributed by atoms with Gasteiger partial charge < -0.3 is 10.3 Å². The second kappa shape index (κ2) is 3.99. The molecule has 0 spiro atoms. The normalized spacial score (nSPS) is 10.2. The Balaban J connectivity index is 1.76. The molecule has 0 radical (unpaired) electrons. The second-order valence-corrected chi connectivity index (χ2v) is 3.24. The molecule has 2 heterocycles. The number of rotatable bonds is 4. The van der Waals surface area contributed by atoms with E-state index in [4.69, 9.17) is 0 Å². The summed E-state index contributed by atoms with van der Waals surface area (Å²) < 4.78 is 3.88. The summed E-state index contributed by atoms with van der Waals surface area (Å²) in [6, 6.07) is 0. The van der Waals surface area contributed by atoms with Crippen molar-refractivity contribution in [2.75, 3.05) is 11.9 Å². The lowest BCUT2D eigenvalue weighted by Gasteiger charge is -1.98. The highest BCUT2D eigenvalue weighted by atomic mass is 32.1. The zero-order valence-corrected chi connectivity index (χ0v) is 7.71. The lowest BCUT2D eigenvalue weighted by molar-refractivity contribution is 0.925. The largest absolute Gasteiger partial charge is 0.360 e. The van der Waals surface area contributed by atoms with Crippen LogP contribution in [0.15, 0.2) is 18.7 Å². The fourth-order valence-electron chi connectivity index (χ4n) is 0.974. The topological polar surface area (TPSA) is 66.5 Å². The molecule has 6 heteroatoms. The van der Waals surface area contributed by atoms with E-state index in [9.17, 15) is 0 Å². The van der Waals surface area contributed by atoms with Gasteiger partial charge in [0.15, 0.2) is 0 Å². The van der Waals surface area contributed by atoms with E-state index in [1.165, 1.54) is 11.5 Å². The van der Waals surface area contributed by atoms with Crippen LogP contribution in [-0.2, 0) is 6.42 Å². The summed E-state index contributed by atoms with van der Waals surface area (Å²) in [4.78, 5) is 11.1. The molecule has 2 N–H and O–H groups in total. The van der Waals surface area contributed by atoms with Gasteiger partial charge in [-0.2, -0.15) is 4.37 Å². The molecule has 0 saturated heterocycles. The number of nitrogens with zero attached hydrogens (tertiary/aromatic N) is 3. The molecule has 0 aliphatic heterocycles. The average Bonchev–Trinajstić information content (AvgIpc) is 2.75. The number of imidazole rings is 1. The summed E-state index contributed by atoms with van der Waals surface area (Å²) in [6.07, 6.45) is 5.98. The molecule has 0 saturated carbocycles. The number of anilines is 1. The Labute approximate surface area is 79.4 Å². The molecule has 2 aromatic rings. The van der Waals surface area contributed by atoms with Gasteiger partial charge >= 0.3 is 0 Å². The maximum atomic E-state index is 4.11. The van der Waals surface area contributed by atoms with Gasteiger partial charge in [0.25, 0.3) is 0 Å². The van der Waals surface area contributed by atoms with Crippen LogP contribution in [0, 0.1) is 0 Å². The molecule has 5 nitrogen and oxygen atoms in total. The first-order valence-corrected chi connectivity index (χ1v) is 4.71. The Morgan fingerprint density at radius 3 is 3.15 bits per heavy atom. The summed E-state index contributed by atoms with van der Waals surface area (Å²) in [6.45, 7) is 0.822. The maximum absolute atomic E-state index is 4.11. The smallest absolute Gasteiger partial charge is 0.202 e. The van der Waals surface area contributed by atoms with Crippen molar-refractivity contribution in [3.05, 3.63) is 24.5 Å². The van der Waals surface area contributed by atoms with Gasteiger partial charge in [0.2, 0.25) is 5.13 Å². The summed E-state index contributed by atoms with van der Waals surface area (Å²) in [7, 11) is 0. The molecule has 0 aromatic carbocycles. The molecule has 0 atom stereocenters. The van der Waals surface area contributed by atoms with Crippen molar-refractivity contribution in [2.45, 2.75) is 6.42 Å². The van der Waals surface area contributed by atoms with E-state index >= 15 is 0 Å². The molecule has 0 bridgehead atoms. The summed E-state index contributed by atoms with van der Waals surface area (Å²) >= 11 is 1.36. The molecule has 0 aliphatic rings. The van der Waals surface area contributed by atoms with Crippen LogP contribution < -0.4 is 5.32 Å². The third-order valence-corrected chi connectivity index (χ3v) is 2.18. The first kappa shape index (κ1) is 8.18. The number of hydrogen-bond donors (Lipinski definition) is 2. The van der Waals surface area contributed by atoms with Crippen molar-refractivity contribution in [3.63, 3.8) is 0 Å². The van der Waals surface area contributed by atoms with Gasteiger partial charge in [-0.05, 0) is 0 Å². The number of hydrogen-bond acceptors (Lipinski definition) is 5. The van der Waals surface area contributed by atoms with Gasteiger partial charge in [-0.25, -0.2) is 9.97 Å². The van der Waals surface area contributed by atoms with Crippen LogP contribution in [0.4, 0.5) is 5.13 Å². The Kier molecular flexibility index (Phi) is 2.51. The zero-order valence-electron chi connectivity index (χ0n) is 6.90. The number of nitrogens with one attached hydrogen (secondary N) is 2. The predicted octanol–water partition coefficient (Wildman–Crippen LogP) is 0.916. The van der Waals surface area contributed by atoms with E-state index in [1.807, 2.05) is 6.20 Å². The molecule has 0 aliphatic carbocycles. The van der Waals surface area contributed by atoms with Crippen LogP contribution in [0.1, 0.15) is 5.82 Å². The summed E-state index contributed by atoms with van der Waals surface area (Å²) in [5, 5.41) is 4.00. The second-order valence-electron chi connectivity index (χ2n) is 2.46. The quantitative estimate of drug-likeness (QED) is 0.761. The molecule has 68 valence electrons. The minimum absolute atomic E-state index is 0.822. The van der Waals surface area contributed by atoms with Gasteiger partial charge in [-0.15, -0.1) is 0 Å². The van der Waals surface area contributed by atoms with Gasteiger partial charge in [0, 0.05) is 36.9 Å². The Morgan fingerprint density at radius 1 is 1.46 bits per heavy atom. The third kappa shape index (κ3) is 2.25. The van der Waals surface area contributed by atoms with Crippen LogP contribution in [0.3, 0.4) is 0 Å². The first-order valence-electron chi connectivity index (χ1n) is 3.94. The van der Waals surface area contributed by atoms with E-state index in [0.29, 0.717) is 0 Å². The van der Waals surface area contributed by atoms with Crippen molar-refractivity contribution in [1.29, 1.82) is 0 Å². The van der Waals surface area contributed by atoms with E-state index in [2.05, 4.69) is 24.6 Å². The van der Waals surface area contributed by atoms with Gasteiger partial charge in [-0.3, -0.25) is 0 Å². The van der Waals surface area contributed by atoms with E-state index in [0.717, 1.165) is 23.9 Å². The van der Waals surface area contributed by atoms with Crippen molar-refractivity contribution in [1.82, 2.24) is 19.3 Å². The van der Waals surface area contributed by atoms with Crippen LogP contribution in [-0.4, -0.2) is 25.9 Å². The fraction of sp³-hybridized carbons (Fsp3) is 0.286. The number of aromatic amines is 1.